The Balaban J connectivity index is 2.06. The first kappa shape index (κ1) is 13.3. The molecule has 18 heavy (non-hydrogen) atoms. The maximum absolute atomic E-state index is 12.5. The molecule has 2 fully saturated rings. The van der Waals surface area contributed by atoms with Gasteiger partial charge >= 0.3 is 0 Å². The van der Waals surface area contributed by atoms with Crippen LogP contribution in [-0.2, 0) is 14.3 Å². The van der Waals surface area contributed by atoms with Crippen molar-refractivity contribution in [1.29, 1.82) is 0 Å². The molecule has 1 atom stereocenters. The number of amides is 2. The molecule has 0 bridgehead atoms. The van der Waals surface area contributed by atoms with Gasteiger partial charge in [-0.15, -0.1) is 0 Å². The smallest absolute Gasteiger partial charge is 0.248 e. The number of ether oxygens (including phenoxy) is 1. The molecule has 1 aliphatic carbocycles. The Morgan fingerprint density at radius 1 is 1.39 bits per heavy atom. The van der Waals surface area contributed by atoms with Crippen molar-refractivity contribution >= 4 is 11.8 Å². The fraction of sp³-hybridized carbons (Fsp3) is 0.846. The van der Waals surface area contributed by atoms with E-state index in [4.69, 9.17) is 4.74 Å². The van der Waals surface area contributed by atoms with Gasteiger partial charge in [0.1, 0.15) is 5.54 Å². The van der Waals surface area contributed by atoms with Crippen LogP contribution in [0.2, 0.25) is 0 Å². The van der Waals surface area contributed by atoms with Crippen LogP contribution in [0.15, 0.2) is 0 Å². The van der Waals surface area contributed by atoms with Crippen LogP contribution in [0.25, 0.3) is 0 Å². The minimum atomic E-state index is -0.595. The summed E-state index contributed by atoms with van der Waals surface area (Å²) < 4.78 is 5.09. The third kappa shape index (κ3) is 2.51. The number of hydrogen-bond acceptors (Lipinski definition) is 3. The van der Waals surface area contributed by atoms with Crippen LogP contribution in [0, 0.1) is 5.92 Å². The van der Waals surface area contributed by atoms with E-state index in [1.807, 2.05) is 6.92 Å². The monoisotopic (exact) mass is 254 g/mol. The Morgan fingerprint density at radius 3 is 2.67 bits per heavy atom. The fourth-order valence-corrected chi connectivity index (χ4v) is 3.09. The molecule has 2 rings (SSSR count). The summed E-state index contributed by atoms with van der Waals surface area (Å²) in [7, 11) is 1.65. The van der Waals surface area contributed by atoms with Crippen molar-refractivity contribution in [1.82, 2.24) is 10.2 Å². The number of piperazine rings is 1. The molecular weight excluding hydrogens is 232 g/mol. The molecule has 5 heteroatoms. The van der Waals surface area contributed by atoms with Gasteiger partial charge < -0.3 is 15.0 Å². The second-order valence-corrected chi connectivity index (χ2v) is 5.58. The molecule has 0 aromatic heterocycles. The van der Waals surface area contributed by atoms with Crippen molar-refractivity contribution in [3.63, 3.8) is 0 Å². The number of nitrogens with one attached hydrogen (secondary N) is 1. The molecule has 1 saturated carbocycles. The summed E-state index contributed by atoms with van der Waals surface area (Å²) in [6.45, 7) is 3.43. The average Bonchev–Trinajstić information content (AvgIpc) is 2.75. The number of nitrogens with zero attached hydrogens (tertiary/aromatic N) is 1. The van der Waals surface area contributed by atoms with Crippen LogP contribution in [0.1, 0.15) is 32.6 Å². The largest absolute Gasteiger partial charge is 0.384 e. The number of hydrogen-bond donors (Lipinski definition) is 1. The van der Waals surface area contributed by atoms with Crippen LogP contribution >= 0.6 is 0 Å². The van der Waals surface area contributed by atoms with E-state index in [0.717, 1.165) is 25.7 Å². The molecule has 0 aromatic carbocycles. The van der Waals surface area contributed by atoms with Crippen molar-refractivity contribution in [2.24, 2.45) is 5.92 Å². The molecule has 1 spiro atoms. The molecule has 0 aromatic rings. The van der Waals surface area contributed by atoms with Gasteiger partial charge in [-0.25, -0.2) is 0 Å². The van der Waals surface area contributed by atoms with Crippen LogP contribution < -0.4 is 5.32 Å². The van der Waals surface area contributed by atoms with Crippen molar-refractivity contribution < 1.29 is 14.3 Å². The number of carbonyl (C=O) groups is 2. The molecule has 1 N–H and O–H groups in total. The molecule has 102 valence electrons. The second-order valence-electron chi connectivity index (χ2n) is 5.58. The van der Waals surface area contributed by atoms with Crippen molar-refractivity contribution in [2.45, 2.75) is 38.1 Å². The SMILES string of the molecule is COCC(C)CN1CC(=O)NC2(CCCC2)C1=O. The maximum atomic E-state index is 12.5. The Kier molecular flexibility index (Phi) is 3.90. The Labute approximate surface area is 108 Å². The lowest BCUT2D eigenvalue weighted by Gasteiger charge is -2.40. The molecule has 1 saturated heterocycles. The summed E-state index contributed by atoms with van der Waals surface area (Å²) in [5, 5.41) is 2.92. The van der Waals surface area contributed by atoms with Crippen LogP contribution in [0.4, 0.5) is 0 Å². The lowest BCUT2D eigenvalue weighted by atomic mass is 9.92. The maximum Gasteiger partial charge on any atom is 0.248 e. The highest BCUT2D eigenvalue weighted by atomic mass is 16.5. The third-order valence-electron chi connectivity index (χ3n) is 3.85. The first-order chi connectivity index (χ1) is 8.57. The first-order valence-electron chi connectivity index (χ1n) is 6.67. The Bertz CT molecular complexity index is 337. The minimum absolute atomic E-state index is 0.0267. The van der Waals surface area contributed by atoms with Gasteiger partial charge in [-0.2, -0.15) is 0 Å². The first-order valence-corrected chi connectivity index (χ1v) is 6.67. The molecule has 0 radical (unpaired) electrons. The van der Waals surface area contributed by atoms with E-state index < -0.39 is 5.54 Å². The Hall–Kier alpha value is -1.10. The van der Waals surface area contributed by atoms with Crippen molar-refractivity contribution in [3.05, 3.63) is 0 Å². The van der Waals surface area contributed by atoms with Gasteiger partial charge in [-0.1, -0.05) is 19.8 Å². The quantitative estimate of drug-likeness (QED) is 0.796. The average molecular weight is 254 g/mol. The normalized spacial score (nSPS) is 24.4. The highest BCUT2D eigenvalue weighted by molar-refractivity contribution is 5.98. The predicted octanol–water partition coefficient (Wildman–Crippen LogP) is 0.540. The highest BCUT2D eigenvalue weighted by Crippen LogP contribution is 2.33. The van der Waals surface area contributed by atoms with Crippen LogP contribution in [0.5, 0.6) is 0 Å². The summed E-state index contributed by atoms with van der Waals surface area (Å²) in [5.41, 5.74) is -0.595. The molecule has 2 aliphatic rings. The van der Waals surface area contributed by atoms with Gasteiger partial charge in [0, 0.05) is 13.7 Å². The van der Waals surface area contributed by atoms with Crippen molar-refractivity contribution in [2.75, 3.05) is 26.8 Å². The fourth-order valence-electron chi connectivity index (χ4n) is 3.09. The van der Waals surface area contributed by atoms with Gasteiger partial charge in [0.25, 0.3) is 0 Å². The van der Waals surface area contributed by atoms with E-state index in [1.54, 1.807) is 12.0 Å². The third-order valence-corrected chi connectivity index (χ3v) is 3.85. The molecule has 1 heterocycles. The number of rotatable bonds is 4. The lowest BCUT2D eigenvalue weighted by Crippen LogP contribution is -2.66. The van der Waals surface area contributed by atoms with E-state index in [9.17, 15) is 9.59 Å². The summed E-state index contributed by atoms with van der Waals surface area (Å²) >= 11 is 0. The van der Waals surface area contributed by atoms with Crippen molar-refractivity contribution in [3.8, 4) is 0 Å². The van der Waals surface area contributed by atoms with E-state index in [0.29, 0.717) is 13.2 Å². The highest BCUT2D eigenvalue weighted by Gasteiger charge is 2.48. The number of methoxy groups -OCH3 is 1. The minimum Gasteiger partial charge on any atom is -0.384 e. The van der Waals surface area contributed by atoms with Gasteiger partial charge in [-0.3, -0.25) is 9.59 Å². The van der Waals surface area contributed by atoms with Crippen LogP contribution in [0.3, 0.4) is 0 Å². The Morgan fingerprint density at radius 2 is 2.06 bits per heavy atom. The molecule has 1 aliphatic heterocycles. The van der Waals surface area contributed by atoms with E-state index in [1.165, 1.54) is 0 Å². The van der Waals surface area contributed by atoms with Gasteiger partial charge in [0.2, 0.25) is 11.8 Å². The standard InChI is InChI=1S/C13H22N2O3/c1-10(9-18-2)7-15-8-11(16)14-13(12(15)17)5-3-4-6-13/h10H,3-9H2,1-2H3,(H,14,16). The summed E-state index contributed by atoms with van der Waals surface area (Å²) in [6.07, 6.45) is 3.61. The summed E-state index contributed by atoms with van der Waals surface area (Å²) in [6, 6.07) is 0. The van der Waals surface area contributed by atoms with Gasteiger partial charge in [-0.05, 0) is 18.8 Å². The van der Waals surface area contributed by atoms with E-state index >= 15 is 0 Å². The predicted molar refractivity (Wildman–Crippen MR) is 67.0 cm³/mol. The summed E-state index contributed by atoms with van der Waals surface area (Å²) in [5.74, 6) is 0.326. The van der Waals surface area contributed by atoms with Crippen LogP contribution in [-0.4, -0.2) is 49.1 Å². The van der Waals surface area contributed by atoms with E-state index in [2.05, 4.69) is 5.32 Å². The molecule has 2 amide bonds. The number of carbonyl (C=O) groups excluding carboxylic acids is 2. The molecule has 1 unspecified atom stereocenters. The zero-order chi connectivity index (χ0) is 13.2. The lowest BCUT2D eigenvalue weighted by molar-refractivity contribution is -0.150. The summed E-state index contributed by atoms with van der Waals surface area (Å²) in [4.78, 5) is 26.0. The molecular formula is C13H22N2O3. The van der Waals surface area contributed by atoms with Gasteiger partial charge in [0.15, 0.2) is 0 Å². The zero-order valence-electron chi connectivity index (χ0n) is 11.2. The molecule has 5 nitrogen and oxygen atoms in total. The van der Waals surface area contributed by atoms with E-state index in [-0.39, 0.29) is 24.3 Å². The zero-order valence-corrected chi connectivity index (χ0v) is 11.2. The topological polar surface area (TPSA) is 58.6 Å². The van der Waals surface area contributed by atoms with Gasteiger partial charge in [0.05, 0.1) is 13.2 Å². The second kappa shape index (κ2) is 5.26.